The molecule has 1 amide bonds. The first-order chi connectivity index (χ1) is 8.47. The summed E-state index contributed by atoms with van der Waals surface area (Å²) in [5, 5.41) is 12.3. The summed E-state index contributed by atoms with van der Waals surface area (Å²) >= 11 is 17.4. The fourth-order valence-corrected chi connectivity index (χ4v) is 1.84. The Morgan fingerprint density at radius 2 is 2.06 bits per heavy atom. The lowest BCUT2D eigenvalue weighted by Gasteiger charge is -2.11. The third-order valence-electron chi connectivity index (χ3n) is 1.99. The summed E-state index contributed by atoms with van der Waals surface area (Å²) in [7, 11) is 0. The van der Waals surface area contributed by atoms with Gasteiger partial charge in [0.1, 0.15) is 12.3 Å². The maximum atomic E-state index is 11.5. The van der Waals surface area contributed by atoms with Crippen LogP contribution < -0.4 is 5.32 Å². The van der Waals surface area contributed by atoms with E-state index in [0.717, 1.165) is 6.42 Å². The predicted molar refractivity (Wildman–Crippen MR) is 72.9 cm³/mol. The van der Waals surface area contributed by atoms with Gasteiger partial charge in [0, 0.05) is 6.61 Å². The van der Waals surface area contributed by atoms with Crippen molar-refractivity contribution in [1.29, 1.82) is 0 Å². The zero-order chi connectivity index (χ0) is 13.7. The molecule has 2 N–H and O–H groups in total. The van der Waals surface area contributed by atoms with Crippen molar-refractivity contribution in [3.05, 3.63) is 21.1 Å². The number of halogens is 3. The highest BCUT2D eigenvalue weighted by atomic mass is 35.5. The summed E-state index contributed by atoms with van der Waals surface area (Å²) < 4.78 is 5.05. The molecule has 0 heterocycles. The smallest absolute Gasteiger partial charge is 0.250 e. The van der Waals surface area contributed by atoms with E-state index in [9.17, 15) is 9.90 Å². The Kier molecular flexibility index (Phi) is 6.02. The summed E-state index contributed by atoms with van der Waals surface area (Å²) in [4.78, 5) is 11.5. The Hall–Kier alpha value is -0.680. The predicted octanol–water partition coefficient (Wildman–Crippen LogP) is 3.72. The first kappa shape index (κ1) is 15.4. The van der Waals surface area contributed by atoms with Crippen molar-refractivity contribution in [3.63, 3.8) is 0 Å². The largest absolute Gasteiger partial charge is 0.504 e. The van der Waals surface area contributed by atoms with Gasteiger partial charge in [-0.2, -0.15) is 0 Å². The van der Waals surface area contributed by atoms with E-state index in [1.54, 1.807) is 0 Å². The number of carbonyl (C=O) groups excluding carboxylic acids is 1. The van der Waals surface area contributed by atoms with Crippen LogP contribution >= 0.6 is 34.8 Å². The molecule has 0 spiro atoms. The molecule has 1 aromatic carbocycles. The normalized spacial score (nSPS) is 10.4. The summed E-state index contributed by atoms with van der Waals surface area (Å²) in [6, 6.07) is 1.30. The van der Waals surface area contributed by atoms with E-state index in [4.69, 9.17) is 39.5 Å². The number of phenols is 1. The molecule has 0 aliphatic heterocycles. The van der Waals surface area contributed by atoms with Gasteiger partial charge in [-0.15, -0.1) is 0 Å². The molecule has 0 aromatic heterocycles. The van der Waals surface area contributed by atoms with Crippen LogP contribution in [0, 0.1) is 0 Å². The number of hydrogen-bond acceptors (Lipinski definition) is 3. The maximum Gasteiger partial charge on any atom is 0.250 e. The molecule has 7 heteroatoms. The molecule has 0 saturated carbocycles. The van der Waals surface area contributed by atoms with Crippen LogP contribution in [0.3, 0.4) is 0 Å². The van der Waals surface area contributed by atoms with Crippen LogP contribution in [0.5, 0.6) is 5.75 Å². The molecule has 18 heavy (non-hydrogen) atoms. The zero-order valence-electron chi connectivity index (χ0n) is 9.60. The van der Waals surface area contributed by atoms with Crippen molar-refractivity contribution >= 4 is 46.4 Å². The number of carbonyl (C=O) groups is 1. The van der Waals surface area contributed by atoms with Crippen LogP contribution in [0.2, 0.25) is 15.1 Å². The minimum absolute atomic E-state index is 0.00850. The highest BCUT2D eigenvalue weighted by molar-refractivity contribution is 6.46. The Balaban J connectivity index is 2.81. The third-order valence-corrected chi connectivity index (χ3v) is 3.07. The highest BCUT2D eigenvalue weighted by Crippen LogP contribution is 2.42. The van der Waals surface area contributed by atoms with Gasteiger partial charge in [0.25, 0.3) is 5.91 Å². The van der Waals surface area contributed by atoms with Crippen LogP contribution in [-0.2, 0) is 9.53 Å². The molecular formula is C11H12Cl3NO3. The second kappa shape index (κ2) is 7.04. The lowest BCUT2D eigenvalue weighted by Crippen LogP contribution is -2.19. The van der Waals surface area contributed by atoms with Crippen LogP contribution in [0.4, 0.5) is 5.69 Å². The minimum atomic E-state index is -0.445. The monoisotopic (exact) mass is 311 g/mol. The molecule has 0 bridgehead atoms. The Labute approximate surface area is 120 Å². The van der Waals surface area contributed by atoms with Gasteiger partial charge in [-0.1, -0.05) is 41.7 Å². The first-order valence-electron chi connectivity index (χ1n) is 5.21. The highest BCUT2D eigenvalue weighted by Gasteiger charge is 2.16. The van der Waals surface area contributed by atoms with Crippen molar-refractivity contribution in [2.45, 2.75) is 13.3 Å². The van der Waals surface area contributed by atoms with E-state index in [2.05, 4.69) is 5.32 Å². The lowest BCUT2D eigenvalue weighted by molar-refractivity contribution is -0.120. The van der Waals surface area contributed by atoms with Crippen LogP contribution in [-0.4, -0.2) is 24.2 Å². The number of aromatic hydroxyl groups is 1. The van der Waals surface area contributed by atoms with Gasteiger partial charge in [0.2, 0.25) is 0 Å². The van der Waals surface area contributed by atoms with Gasteiger partial charge in [-0.05, 0) is 12.5 Å². The Morgan fingerprint density at radius 1 is 1.39 bits per heavy atom. The molecule has 1 rings (SSSR count). The lowest BCUT2D eigenvalue weighted by atomic mass is 10.3. The molecule has 100 valence electrons. The molecule has 0 radical (unpaired) electrons. The fraction of sp³-hybridized carbons (Fsp3) is 0.364. The van der Waals surface area contributed by atoms with E-state index in [1.807, 2.05) is 6.92 Å². The average Bonchev–Trinajstić information content (AvgIpc) is 2.32. The van der Waals surface area contributed by atoms with Crippen molar-refractivity contribution in [1.82, 2.24) is 0 Å². The number of rotatable bonds is 5. The summed E-state index contributed by atoms with van der Waals surface area (Å²) in [6.45, 7) is 2.27. The standard InChI is InChI=1S/C11H12Cl3NO3/c1-2-3-18-5-8(16)15-10-9(14)6(12)4-7(13)11(10)17/h4,17H,2-3,5H2,1H3,(H,15,16). The average molecular weight is 313 g/mol. The number of anilines is 1. The summed E-state index contributed by atoms with van der Waals surface area (Å²) in [6.07, 6.45) is 0.808. The molecule has 0 aliphatic carbocycles. The summed E-state index contributed by atoms with van der Waals surface area (Å²) in [5.41, 5.74) is -0.0146. The maximum absolute atomic E-state index is 11.5. The van der Waals surface area contributed by atoms with Crippen LogP contribution in [0.25, 0.3) is 0 Å². The van der Waals surface area contributed by atoms with Crippen molar-refractivity contribution < 1.29 is 14.6 Å². The SMILES string of the molecule is CCCOCC(=O)Nc1c(O)c(Cl)cc(Cl)c1Cl. The van der Waals surface area contributed by atoms with Crippen molar-refractivity contribution in [2.75, 3.05) is 18.5 Å². The van der Waals surface area contributed by atoms with Crippen LogP contribution in [0.15, 0.2) is 6.07 Å². The van der Waals surface area contributed by atoms with E-state index in [0.29, 0.717) is 6.61 Å². The Morgan fingerprint density at radius 3 is 2.67 bits per heavy atom. The van der Waals surface area contributed by atoms with Gasteiger partial charge >= 0.3 is 0 Å². The molecular weight excluding hydrogens is 300 g/mol. The molecule has 0 unspecified atom stereocenters. The Bertz CT molecular complexity index is 425. The van der Waals surface area contributed by atoms with Gasteiger partial charge in [0.15, 0.2) is 5.75 Å². The number of ether oxygens (including phenoxy) is 1. The number of phenolic OH excluding ortho intramolecular Hbond substituents is 1. The number of hydrogen-bond donors (Lipinski definition) is 2. The topological polar surface area (TPSA) is 58.6 Å². The molecule has 1 aromatic rings. The van der Waals surface area contributed by atoms with Crippen molar-refractivity contribution in [2.24, 2.45) is 0 Å². The van der Waals surface area contributed by atoms with Gasteiger partial charge < -0.3 is 15.2 Å². The van der Waals surface area contributed by atoms with Gasteiger partial charge in [0.05, 0.1) is 15.1 Å². The second-order valence-electron chi connectivity index (χ2n) is 3.48. The van der Waals surface area contributed by atoms with E-state index in [1.165, 1.54) is 6.07 Å². The summed E-state index contributed by atoms with van der Waals surface area (Å²) in [5.74, 6) is -0.770. The number of benzene rings is 1. The van der Waals surface area contributed by atoms with Crippen LogP contribution in [0.1, 0.15) is 13.3 Å². The van der Waals surface area contributed by atoms with Gasteiger partial charge in [-0.25, -0.2) is 0 Å². The van der Waals surface area contributed by atoms with Gasteiger partial charge in [-0.3, -0.25) is 4.79 Å². The number of nitrogens with one attached hydrogen (secondary N) is 1. The zero-order valence-corrected chi connectivity index (χ0v) is 11.9. The third kappa shape index (κ3) is 3.92. The van der Waals surface area contributed by atoms with Crippen molar-refractivity contribution in [3.8, 4) is 5.75 Å². The molecule has 0 atom stereocenters. The quantitative estimate of drug-likeness (QED) is 0.495. The second-order valence-corrected chi connectivity index (χ2v) is 4.67. The number of amides is 1. The van der Waals surface area contributed by atoms with E-state index < -0.39 is 5.91 Å². The minimum Gasteiger partial charge on any atom is -0.504 e. The molecule has 0 aliphatic rings. The molecule has 4 nitrogen and oxygen atoms in total. The fourth-order valence-electron chi connectivity index (χ4n) is 1.18. The van der Waals surface area contributed by atoms with E-state index >= 15 is 0 Å². The molecule has 0 saturated heterocycles. The molecule has 0 fully saturated rings. The first-order valence-corrected chi connectivity index (χ1v) is 6.34. The van der Waals surface area contributed by atoms with E-state index in [-0.39, 0.29) is 33.1 Å².